The zero-order valence-electron chi connectivity index (χ0n) is 30.5. The van der Waals surface area contributed by atoms with Crippen molar-refractivity contribution >= 4 is 51.1 Å². The van der Waals surface area contributed by atoms with Crippen molar-refractivity contribution in [2.75, 3.05) is 13.7 Å². The molecule has 5 atom stereocenters. The van der Waals surface area contributed by atoms with E-state index in [1.165, 1.54) is 7.11 Å². The van der Waals surface area contributed by atoms with Gasteiger partial charge in [0.1, 0.15) is 11.1 Å². The van der Waals surface area contributed by atoms with Crippen LogP contribution in [0.15, 0.2) is 48.7 Å². The Balaban J connectivity index is 1.64. The largest absolute Gasteiger partial charge is 0.453 e. The Kier molecular flexibility index (Phi) is 9.92. The van der Waals surface area contributed by atoms with Gasteiger partial charge >= 0.3 is 6.09 Å². The van der Waals surface area contributed by atoms with Crippen LogP contribution in [0.5, 0.6) is 0 Å². The van der Waals surface area contributed by atoms with Crippen molar-refractivity contribution in [1.82, 2.24) is 19.4 Å². The SMILES string of the molecule is COC(=O)N1[C@H](C)CC[C@@H]1c1cc2c(-c3ccc(C(C)(C)O)nc3)nc3c(F)c(-c4cccc(Cl)c4Cl)c(CCC#N)cc3c2n1[C@H]1[C@@H](CN)C[C@@H]1C. The molecule has 0 unspecified atom stereocenters. The molecule has 2 aromatic carbocycles. The van der Waals surface area contributed by atoms with E-state index < -0.39 is 17.5 Å². The number of hydrogen-bond acceptors (Lipinski definition) is 7. The number of likely N-dealkylation sites (tertiary alicyclic amines) is 1. The summed E-state index contributed by atoms with van der Waals surface area (Å²) >= 11 is 13.2. The molecule has 0 bridgehead atoms. The number of aromatic nitrogens is 3. The first-order valence-electron chi connectivity index (χ1n) is 18.1. The molecule has 1 saturated carbocycles. The molecular weight excluding hydrogens is 714 g/mol. The van der Waals surface area contributed by atoms with E-state index in [1.807, 2.05) is 19.1 Å². The van der Waals surface area contributed by atoms with Gasteiger partial charge in [-0.15, -0.1) is 0 Å². The topological polar surface area (TPSA) is 130 Å². The van der Waals surface area contributed by atoms with E-state index in [0.29, 0.717) is 46.4 Å². The number of nitrogens with zero attached hydrogens (tertiary/aromatic N) is 5. The fraction of sp³-hybridized carbons (Fsp3) is 0.415. The van der Waals surface area contributed by atoms with E-state index in [1.54, 1.807) is 49.2 Å². The predicted octanol–water partition coefficient (Wildman–Crippen LogP) is 9.50. The number of halogens is 3. The number of ether oxygens (including phenoxy) is 1. The summed E-state index contributed by atoms with van der Waals surface area (Å²) < 4.78 is 25.2. The molecule has 3 N–H and O–H groups in total. The van der Waals surface area contributed by atoms with Crippen LogP contribution in [0.25, 0.3) is 44.2 Å². The van der Waals surface area contributed by atoms with Crippen molar-refractivity contribution in [1.29, 1.82) is 5.26 Å². The summed E-state index contributed by atoms with van der Waals surface area (Å²) in [5.41, 5.74) is 9.89. The van der Waals surface area contributed by atoms with Crippen LogP contribution in [-0.2, 0) is 16.8 Å². The van der Waals surface area contributed by atoms with E-state index >= 15 is 4.39 Å². The molecular formula is C41H43Cl2FN6O3. The highest BCUT2D eigenvalue weighted by Gasteiger charge is 2.44. The molecule has 276 valence electrons. The summed E-state index contributed by atoms with van der Waals surface area (Å²) in [6.45, 7) is 8.02. The number of carbonyl (C=O) groups is 1. The number of benzene rings is 2. The Labute approximate surface area is 318 Å². The molecule has 9 nitrogen and oxygen atoms in total. The summed E-state index contributed by atoms with van der Waals surface area (Å²) in [4.78, 5) is 24.8. The van der Waals surface area contributed by atoms with Crippen LogP contribution in [-0.4, -0.2) is 50.3 Å². The van der Waals surface area contributed by atoms with Crippen LogP contribution in [0.3, 0.4) is 0 Å². The maximum Gasteiger partial charge on any atom is 0.410 e. The first-order chi connectivity index (χ1) is 25.3. The van der Waals surface area contributed by atoms with Crippen LogP contribution < -0.4 is 5.73 Å². The zero-order valence-corrected chi connectivity index (χ0v) is 32.0. The minimum absolute atomic E-state index is 0.0373. The average molecular weight is 758 g/mol. The second-order valence-electron chi connectivity index (χ2n) is 15.1. The van der Waals surface area contributed by atoms with E-state index in [0.717, 1.165) is 29.4 Å². The smallest absolute Gasteiger partial charge is 0.410 e. The average Bonchev–Trinajstić information content (AvgIpc) is 3.70. The summed E-state index contributed by atoms with van der Waals surface area (Å²) in [6, 6.07) is 14.5. The highest BCUT2D eigenvalue weighted by molar-refractivity contribution is 6.43. The molecule has 0 radical (unpaired) electrons. The van der Waals surface area contributed by atoms with Gasteiger partial charge in [0.15, 0.2) is 5.82 Å². The van der Waals surface area contributed by atoms with Crippen LogP contribution >= 0.6 is 23.2 Å². The van der Waals surface area contributed by atoms with E-state index in [2.05, 4.69) is 28.6 Å². The maximum absolute atomic E-state index is 17.6. The van der Waals surface area contributed by atoms with Gasteiger partial charge in [0.05, 0.1) is 46.2 Å². The van der Waals surface area contributed by atoms with Gasteiger partial charge in [0, 0.05) is 57.9 Å². The molecule has 3 aromatic heterocycles. The molecule has 1 aliphatic heterocycles. The standard InChI is InChI=1S/C41H43Cl2FN6O3/c1-21-16-25(19-46)38(21)50-31(30-13-11-22(2)49(30)40(51)53-5)18-28-36(24-12-14-32(47-20-24)41(3,4)52)48-37-27(39(28)50)17-23(8-7-15-45)33(35(37)44)26-9-6-10-29(42)34(26)43/h6,9-10,12,14,17-18,20-22,25,30,38,52H,7-8,11,13,16,19,46H2,1-5H3/t21-,22+,25+,30+,38+/m0/s1. The van der Waals surface area contributed by atoms with Crippen molar-refractivity contribution in [2.24, 2.45) is 17.6 Å². The second kappa shape index (κ2) is 14.2. The maximum atomic E-state index is 17.6. The first-order valence-corrected chi connectivity index (χ1v) is 18.8. The van der Waals surface area contributed by atoms with Crippen LogP contribution in [0.1, 0.15) is 82.4 Å². The van der Waals surface area contributed by atoms with E-state index in [4.69, 9.17) is 38.7 Å². The van der Waals surface area contributed by atoms with Crippen molar-refractivity contribution < 1.29 is 19.0 Å². The van der Waals surface area contributed by atoms with Crippen molar-refractivity contribution in [3.05, 3.63) is 81.5 Å². The first kappa shape index (κ1) is 37.1. The third kappa shape index (κ3) is 6.21. The number of amides is 1. The summed E-state index contributed by atoms with van der Waals surface area (Å²) in [5, 5.41) is 22.2. The molecule has 2 fully saturated rings. The number of fused-ring (bicyclic) bond motifs is 3. The lowest BCUT2D eigenvalue weighted by atomic mass is 9.70. The predicted molar refractivity (Wildman–Crippen MR) is 206 cm³/mol. The van der Waals surface area contributed by atoms with Gasteiger partial charge in [-0.05, 0) is 101 Å². The number of nitrogens with two attached hydrogens (primary N) is 1. The summed E-state index contributed by atoms with van der Waals surface area (Å²) in [6.07, 6.45) is 4.09. The Hall–Kier alpha value is -4.27. The van der Waals surface area contributed by atoms with Gasteiger partial charge in [-0.25, -0.2) is 14.2 Å². The van der Waals surface area contributed by atoms with Gasteiger partial charge in [-0.3, -0.25) is 9.88 Å². The molecule has 1 saturated heterocycles. The molecule has 7 rings (SSSR count). The lowest BCUT2D eigenvalue weighted by molar-refractivity contribution is 0.0738. The van der Waals surface area contributed by atoms with Gasteiger partial charge in [0.25, 0.3) is 0 Å². The highest BCUT2D eigenvalue weighted by atomic mass is 35.5. The molecule has 2 aliphatic rings. The number of aryl methyl sites for hydroxylation is 1. The molecule has 1 aliphatic carbocycles. The molecule has 53 heavy (non-hydrogen) atoms. The molecule has 0 spiro atoms. The second-order valence-corrected chi connectivity index (χ2v) is 15.8. The summed E-state index contributed by atoms with van der Waals surface area (Å²) in [5.74, 6) is -0.187. The number of rotatable bonds is 8. The van der Waals surface area contributed by atoms with Crippen LogP contribution in [0, 0.1) is 29.0 Å². The third-order valence-corrected chi connectivity index (χ3v) is 12.1. The zero-order chi connectivity index (χ0) is 37.9. The van der Waals surface area contributed by atoms with Gasteiger partial charge in [0.2, 0.25) is 0 Å². The minimum Gasteiger partial charge on any atom is -0.453 e. The molecule has 12 heteroatoms. The quantitative estimate of drug-likeness (QED) is 0.161. The number of aliphatic hydroxyl groups is 1. The van der Waals surface area contributed by atoms with Gasteiger partial charge in [-0.2, -0.15) is 5.26 Å². The Morgan fingerprint density at radius 3 is 2.58 bits per heavy atom. The van der Waals surface area contributed by atoms with Crippen LogP contribution in [0.2, 0.25) is 10.0 Å². The minimum atomic E-state index is -1.17. The van der Waals surface area contributed by atoms with Gasteiger partial charge < -0.3 is 20.1 Å². The lowest BCUT2D eigenvalue weighted by Gasteiger charge is -2.45. The lowest BCUT2D eigenvalue weighted by Crippen LogP contribution is -2.43. The number of carbonyl (C=O) groups excluding carboxylic acids is 1. The van der Waals surface area contributed by atoms with Crippen molar-refractivity contribution in [3.8, 4) is 28.5 Å². The Morgan fingerprint density at radius 2 is 1.94 bits per heavy atom. The molecule has 5 aromatic rings. The van der Waals surface area contributed by atoms with E-state index in [9.17, 15) is 15.2 Å². The monoisotopic (exact) mass is 756 g/mol. The Bertz CT molecular complexity index is 2280. The van der Waals surface area contributed by atoms with Gasteiger partial charge in [-0.1, -0.05) is 42.3 Å². The fourth-order valence-corrected chi connectivity index (χ4v) is 9.03. The fourth-order valence-electron chi connectivity index (χ4n) is 8.64. The highest BCUT2D eigenvalue weighted by Crippen LogP contribution is 2.52. The normalized spacial score (nSPS) is 21.6. The molecule has 4 heterocycles. The summed E-state index contributed by atoms with van der Waals surface area (Å²) in [7, 11) is 1.40. The number of nitriles is 1. The van der Waals surface area contributed by atoms with E-state index in [-0.39, 0.29) is 63.9 Å². The Morgan fingerprint density at radius 1 is 1.17 bits per heavy atom. The van der Waals surface area contributed by atoms with Crippen LogP contribution in [0.4, 0.5) is 9.18 Å². The number of hydrogen-bond donors (Lipinski definition) is 2. The number of pyridine rings is 2. The van der Waals surface area contributed by atoms with Crippen molar-refractivity contribution in [3.63, 3.8) is 0 Å². The number of methoxy groups -OCH3 is 1. The van der Waals surface area contributed by atoms with Crippen molar-refractivity contribution in [2.45, 2.75) is 83.5 Å². The molecule has 1 amide bonds. The third-order valence-electron chi connectivity index (χ3n) is 11.3.